The van der Waals surface area contributed by atoms with Gasteiger partial charge in [-0.2, -0.15) is 0 Å². The van der Waals surface area contributed by atoms with Gasteiger partial charge in [0.25, 0.3) is 0 Å². The van der Waals surface area contributed by atoms with Crippen LogP contribution in [-0.4, -0.2) is 23.8 Å². The minimum atomic E-state index is -0.553. The molecule has 0 spiro atoms. The molecule has 0 aromatic heterocycles. The summed E-state index contributed by atoms with van der Waals surface area (Å²) < 4.78 is 4.84. The fourth-order valence-corrected chi connectivity index (χ4v) is 1.06. The predicted molar refractivity (Wildman–Crippen MR) is 60.5 cm³/mol. The Bertz CT molecular complexity index is 211. The summed E-state index contributed by atoms with van der Waals surface area (Å²) >= 11 is 0. The van der Waals surface area contributed by atoms with E-state index >= 15 is 0 Å². The molecule has 0 saturated heterocycles. The van der Waals surface area contributed by atoms with Gasteiger partial charge in [0, 0.05) is 5.57 Å². The van der Waals surface area contributed by atoms with E-state index in [0.717, 1.165) is 12.8 Å². The van der Waals surface area contributed by atoms with Gasteiger partial charge in [-0.15, -0.1) is 0 Å². The Morgan fingerprint density at radius 1 is 1.47 bits per heavy atom. The molecule has 0 saturated carbocycles. The average Bonchev–Trinajstić information content (AvgIpc) is 2.21. The molecular formula is C12H22O3. The quantitative estimate of drug-likeness (QED) is 0.522. The molecule has 0 rings (SSSR count). The maximum atomic E-state index is 11.0. The normalized spacial score (nSPS) is 14.4. The van der Waals surface area contributed by atoms with Crippen molar-refractivity contribution in [2.24, 2.45) is 5.92 Å². The van der Waals surface area contributed by atoms with Gasteiger partial charge < -0.3 is 9.84 Å². The van der Waals surface area contributed by atoms with Gasteiger partial charge in [-0.3, -0.25) is 0 Å². The van der Waals surface area contributed by atoms with E-state index in [1.807, 2.05) is 0 Å². The summed E-state index contributed by atoms with van der Waals surface area (Å²) in [4.78, 5) is 11.0. The molecule has 0 aromatic rings. The van der Waals surface area contributed by atoms with Gasteiger partial charge in [-0.1, -0.05) is 26.8 Å². The molecule has 2 atom stereocenters. The number of aliphatic hydroxyl groups excluding tert-OH is 1. The van der Waals surface area contributed by atoms with Crippen molar-refractivity contribution in [3.63, 3.8) is 0 Å². The molecule has 0 aliphatic heterocycles. The summed E-state index contributed by atoms with van der Waals surface area (Å²) in [7, 11) is 0. The van der Waals surface area contributed by atoms with Crippen molar-refractivity contribution in [3.8, 4) is 0 Å². The zero-order valence-electron chi connectivity index (χ0n) is 9.95. The Kier molecular flexibility index (Phi) is 7.05. The van der Waals surface area contributed by atoms with Crippen molar-refractivity contribution >= 4 is 5.97 Å². The second kappa shape index (κ2) is 7.46. The highest BCUT2D eigenvalue weighted by molar-refractivity contribution is 5.86. The Hall–Kier alpha value is -0.830. The molecule has 0 amide bonds. The molecule has 1 N–H and O–H groups in total. The molecule has 2 unspecified atom stereocenters. The van der Waals surface area contributed by atoms with Gasteiger partial charge in [0.05, 0.1) is 6.10 Å². The van der Waals surface area contributed by atoms with Crippen LogP contribution in [0.3, 0.4) is 0 Å². The predicted octanol–water partition coefficient (Wildman–Crippen LogP) is 2.29. The maximum Gasteiger partial charge on any atom is 0.333 e. The van der Waals surface area contributed by atoms with E-state index in [-0.39, 0.29) is 6.61 Å². The fourth-order valence-electron chi connectivity index (χ4n) is 1.06. The number of ether oxygens (including phenoxy) is 1. The van der Waals surface area contributed by atoms with Crippen molar-refractivity contribution in [2.75, 3.05) is 6.61 Å². The lowest BCUT2D eigenvalue weighted by molar-refractivity contribution is -0.142. The Labute approximate surface area is 92.1 Å². The van der Waals surface area contributed by atoms with Crippen LogP contribution in [-0.2, 0) is 9.53 Å². The van der Waals surface area contributed by atoms with Crippen LogP contribution in [0.4, 0.5) is 0 Å². The second-order valence-corrected chi connectivity index (χ2v) is 4.12. The Morgan fingerprint density at radius 2 is 2.07 bits per heavy atom. The van der Waals surface area contributed by atoms with E-state index in [0.29, 0.717) is 17.9 Å². The summed E-state index contributed by atoms with van der Waals surface area (Å²) in [5.41, 5.74) is 0.365. The van der Waals surface area contributed by atoms with Gasteiger partial charge in [-0.25, -0.2) is 4.79 Å². The van der Waals surface area contributed by atoms with Crippen molar-refractivity contribution in [1.82, 2.24) is 0 Å². The van der Waals surface area contributed by atoms with E-state index < -0.39 is 12.1 Å². The lowest BCUT2D eigenvalue weighted by atomic mass is 10.0. The first kappa shape index (κ1) is 14.2. The molecule has 0 heterocycles. The molecule has 15 heavy (non-hydrogen) atoms. The van der Waals surface area contributed by atoms with Crippen molar-refractivity contribution in [1.29, 1.82) is 0 Å². The van der Waals surface area contributed by atoms with E-state index in [1.54, 1.807) is 6.92 Å². The summed E-state index contributed by atoms with van der Waals surface area (Å²) in [5.74, 6) is 0.175. The molecule has 88 valence electrons. The fraction of sp³-hybridized carbons (Fsp3) is 0.750. The molecule has 0 aromatic carbocycles. The summed E-state index contributed by atoms with van der Waals surface area (Å²) in [6, 6.07) is 0. The van der Waals surface area contributed by atoms with E-state index in [1.165, 1.54) is 0 Å². The zero-order valence-corrected chi connectivity index (χ0v) is 9.95. The first-order valence-electron chi connectivity index (χ1n) is 5.48. The molecule has 0 radical (unpaired) electrons. The van der Waals surface area contributed by atoms with Crippen LogP contribution in [0.15, 0.2) is 12.2 Å². The number of carbonyl (C=O) groups is 1. The third-order valence-electron chi connectivity index (χ3n) is 2.44. The maximum absolute atomic E-state index is 11.0. The van der Waals surface area contributed by atoms with Crippen LogP contribution < -0.4 is 0 Å². The standard InChI is InChI=1S/C12H22O3/c1-5-10(4)6-7-11(13)8-15-12(14)9(2)3/h10-11,13H,2,5-8H2,1,3-4H3. The smallest absolute Gasteiger partial charge is 0.333 e. The van der Waals surface area contributed by atoms with Gasteiger partial charge in [-0.05, 0) is 25.7 Å². The van der Waals surface area contributed by atoms with E-state index in [4.69, 9.17) is 4.74 Å². The molecule has 3 heteroatoms. The highest BCUT2D eigenvalue weighted by atomic mass is 16.5. The molecule has 0 bridgehead atoms. The van der Waals surface area contributed by atoms with Crippen molar-refractivity contribution in [2.45, 2.75) is 46.1 Å². The van der Waals surface area contributed by atoms with Crippen LogP contribution in [0.5, 0.6) is 0 Å². The van der Waals surface area contributed by atoms with Gasteiger partial charge in [0.15, 0.2) is 0 Å². The van der Waals surface area contributed by atoms with Gasteiger partial charge in [0.2, 0.25) is 0 Å². The number of hydrogen-bond donors (Lipinski definition) is 1. The Balaban J connectivity index is 3.61. The van der Waals surface area contributed by atoms with Crippen LogP contribution in [0.1, 0.15) is 40.0 Å². The second-order valence-electron chi connectivity index (χ2n) is 4.12. The highest BCUT2D eigenvalue weighted by Gasteiger charge is 2.10. The topological polar surface area (TPSA) is 46.5 Å². The van der Waals surface area contributed by atoms with Crippen LogP contribution >= 0.6 is 0 Å². The third-order valence-corrected chi connectivity index (χ3v) is 2.44. The number of aliphatic hydroxyl groups is 1. The average molecular weight is 214 g/mol. The molecule has 3 nitrogen and oxygen atoms in total. The first-order valence-corrected chi connectivity index (χ1v) is 5.48. The molecule has 0 fully saturated rings. The number of carbonyl (C=O) groups excluding carboxylic acids is 1. The highest BCUT2D eigenvalue weighted by Crippen LogP contribution is 2.11. The largest absolute Gasteiger partial charge is 0.460 e. The van der Waals surface area contributed by atoms with Crippen molar-refractivity contribution < 1.29 is 14.6 Å². The summed E-state index contributed by atoms with van der Waals surface area (Å²) in [6.07, 6.45) is 2.20. The van der Waals surface area contributed by atoms with Crippen molar-refractivity contribution in [3.05, 3.63) is 12.2 Å². The lowest BCUT2D eigenvalue weighted by Gasteiger charge is -2.13. The number of esters is 1. The van der Waals surface area contributed by atoms with E-state index in [9.17, 15) is 9.90 Å². The van der Waals surface area contributed by atoms with Crippen LogP contribution in [0, 0.1) is 5.92 Å². The lowest BCUT2D eigenvalue weighted by Crippen LogP contribution is -2.19. The molecule has 0 aliphatic rings. The number of hydrogen-bond acceptors (Lipinski definition) is 3. The zero-order chi connectivity index (χ0) is 11.8. The van der Waals surface area contributed by atoms with E-state index in [2.05, 4.69) is 20.4 Å². The van der Waals surface area contributed by atoms with Crippen LogP contribution in [0.25, 0.3) is 0 Å². The van der Waals surface area contributed by atoms with Gasteiger partial charge in [0.1, 0.15) is 6.61 Å². The summed E-state index contributed by atoms with van der Waals surface area (Å²) in [6.45, 7) is 9.40. The number of rotatable bonds is 7. The monoisotopic (exact) mass is 214 g/mol. The molecular weight excluding hydrogens is 192 g/mol. The summed E-state index contributed by atoms with van der Waals surface area (Å²) in [5, 5.41) is 9.52. The minimum Gasteiger partial charge on any atom is -0.460 e. The molecule has 0 aliphatic carbocycles. The SMILES string of the molecule is C=C(C)C(=O)OCC(O)CCC(C)CC. The first-order chi connectivity index (χ1) is 6.97. The minimum absolute atomic E-state index is 0.0716. The Morgan fingerprint density at radius 3 is 2.53 bits per heavy atom. The van der Waals surface area contributed by atoms with Crippen LogP contribution in [0.2, 0.25) is 0 Å². The third kappa shape index (κ3) is 7.14. The van der Waals surface area contributed by atoms with Gasteiger partial charge >= 0.3 is 5.97 Å².